The summed E-state index contributed by atoms with van der Waals surface area (Å²) in [6.45, 7) is 1.16. The molecule has 0 aliphatic carbocycles. The second-order valence-electron chi connectivity index (χ2n) is 9.40. The molecular weight excluding hydrogens is 512 g/mol. The molecule has 0 aromatic heterocycles. The van der Waals surface area contributed by atoms with Crippen LogP contribution in [0.1, 0.15) is 32.6 Å². The largest absolute Gasteiger partial charge is 0.507 e. The fourth-order valence-corrected chi connectivity index (χ4v) is 4.15. The SMILES string of the molecule is O=C(C=Cc1ccc(OCc2ccccc2)cc1OCc1ccccc1)c1ccc(OCc2ccccc2)cc1O. The van der Waals surface area contributed by atoms with Crippen molar-refractivity contribution in [3.63, 3.8) is 0 Å². The number of hydrogen-bond donors (Lipinski definition) is 1. The monoisotopic (exact) mass is 542 g/mol. The molecule has 0 radical (unpaired) electrons. The highest BCUT2D eigenvalue weighted by molar-refractivity contribution is 6.08. The van der Waals surface area contributed by atoms with Crippen molar-refractivity contribution in [1.29, 1.82) is 0 Å². The van der Waals surface area contributed by atoms with E-state index in [2.05, 4.69) is 0 Å². The summed E-state index contributed by atoms with van der Waals surface area (Å²) in [7, 11) is 0. The first kappa shape index (κ1) is 27.3. The van der Waals surface area contributed by atoms with E-state index in [9.17, 15) is 9.90 Å². The number of carbonyl (C=O) groups is 1. The van der Waals surface area contributed by atoms with Crippen LogP contribution >= 0.6 is 0 Å². The fourth-order valence-electron chi connectivity index (χ4n) is 4.15. The lowest BCUT2D eigenvalue weighted by Crippen LogP contribution is -2.00. The van der Waals surface area contributed by atoms with Crippen molar-refractivity contribution in [3.05, 3.63) is 161 Å². The van der Waals surface area contributed by atoms with Gasteiger partial charge in [-0.3, -0.25) is 4.79 Å². The number of phenolic OH excluding ortho intramolecular Hbond substituents is 1. The molecule has 204 valence electrons. The zero-order valence-electron chi connectivity index (χ0n) is 22.5. The first-order valence-electron chi connectivity index (χ1n) is 13.3. The summed E-state index contributed by atoms with van der Waals surface area (Å²) in [5, 5.41) is 10.5. The summed E-state index contributed by atoms with van der Waals surface area (Å²) in [5.41, 5.74) is 3.99. The zero-order chi connectivity index (χ0) is 28.3. The van der Waals surface area contributed by atoms with Gasteiger partial charge in [-0.1, -0.05) is 91.0 Å². The van der Waals surface area contributed by atoms with Crippen molar-refractivity contribution in [3.8, 4) is 23.0 Å². The predicted octanol–water partition coefficient (Wildman–Crippen LogP) is 8.03. The molecule has 5 aromatic carbocycles. The van der Waals surface area contributed by atoms with Gasteiger partial charge in [-0.25, -0.2) is 0 Å². The number of hydrogen-bond acceptors (Lipinski definition) is 5. The molecule has 1 N–H and O–H groups in total. The Morgan fingerprint density at radius 3 is 1.61 bits per heavy atom. The van der Waals surface area contributed by atoms with Gasteiger partial charge in [0.25, 0.3) is 0 Å². The third kappa shape index (κ3) is 7.87. The number of ketones is 1. The third-order valence-electron chi connectivity index (χ3n) is 6.37. The van der Waals surface area contributed by atoms with E-state index in [4.69, 9.17) is 14.2 Å². The molecule has 5 aromatic rings. The van der Waals surface area contributed by atoms with E-state index in [0.717, 1.165) is 16.7 Å². The van der Waals surface area contributed by atoms with Crippen LogP contribution in [-0.2, 0) is 19.8 Å². The number of ether oxygens (including phenoxy) is 3. The van der Waals surface area contributed by atoms with Crippen LogP contribution in [0.4, 0.5) is 0 Å². The van der Waals surface area contributed by atoms with Gasteiger partial charge < -0.3 is 19.3 Å². The van der Waals surface area contributed by atoms with Crippen LogP contribution in [-0.4, -0.2) is 10.9 Å². The summed E-state index contributed by atoms with van der Waals surface area (Å²) in [6, 6.07) is 39.7. The number of allylic oxidation sites excluding steroid dienone is 1. The fraction of sp³-hybridized carbons (Fsp3) is 0.0833. The summed E-state index contributed by atoms with van der Waals surface area (Å²) >= 11 is 0. The molecule has 0 spiro atoms. The van der Waals surface area contributed by atoms with Gasteiger partial charge in [0.15, 0.2) is 5.78 Å². The van der Waals surface area contributed by atoms with Crippen LogP contribution in [0.2, 0.25) is 0 Å². The van der Waals surface area contributed by atoms with Crippen LogP contribution < -0.4 is 14.2 Å². The van der Waals surface area contributed by atoms with Crippen LogP contribution in [0, 0.1) is 0 Å². The average molecular weight is 543 g/mol. The van der Waals surface area contributed by atoms with Gasteiger partial charge in [-0.15, -0.1) is 0 Å². The topological polar surface area (TPSA) is 65.0 Å². The predicted molar refractivity (Wildman–Crippen MR) is 160 cm³/mol. The second kappa shape index (κ2) is 13.7. The molecule has 0 amide bonds. The Balaban J connectivity index is 1.29. The number of carbonyl (C=O) groups excluding carboxylic acids is 1. The Labute approximate surface area is 239 Å². The second-order valence-corrected chi connectivity index (χ2v) is 9.40. The molecule has 41 heavy (non-hydrogen) atoms. The molecule has 0 unspecified atom stereocenters. The maximum Gasteiger partial charge on any atom is 0.189 e. The molecule has 0 aliphatic heterocycles. The van der Waals surface area contributed by atoms with Gasteiger partial charge >= 0.3 is 0 Å². The van der Waals surface area contributed by atoms with Gasteiger partial charge in [-0.05, 0) is 53.1 Å². The number of rotatable bonds is 12. The smallest absolute Gasteiger partial charge is 0.189 e. The van der Waals surface area contributed by atoms with E-state index in [-0.39, 0.29) is 17.1 Å². The van der Waals surface area contributed by atoms with E-state index in [1.807, 2.05) is 109 Å². The minimum Gasteiger partial charge on any atom is -0.507 e. The lowest BCUT2D eigenvalue weighted by atomic mass is 10.1. The highest BCUT2D eigenvalue weighted by atomic mass is 16.5. The van der Waals surface area contributed by atoms with Gasteiger partial charge in [0.1, 0.15) is 42.8 Å². The number of benzene rings is 5. The van der Waals surface area contributed by atoms with E-state index < -0.39 is 0 Å². The Bertz CT molecular complexity index is 1600. The van der Waals surface area contributed by atoms with Crippen molar-refractivity contribution in [2.24, 2.45) is 0 Å². The molecule has 0 saturated carbocycles. The highest BCUT2D eigenvalue weighted by Gasteiger charge is 2.11. The van der Waals surface area contributed by atoms with Crippen molar-refractivity contribution < 1.29 is 24.1 Å². The quantitative estimate of drug-likeness (QED) is 0.128. The van der Waals surface area contributed by atoms with Gasteiger partial charge in [0.05, 0.1) is 5.56 Å². The number of aromatic hydroxyl groups is 1. The summed E-state index contributed by atoms with van der Waals surface area (Å²) in [4.78, 5) is 13.0. The third-order valence-corrected chi connectivity index (χ3v) is 6.37. The summed E-state index contributed by atoms with van der Waals surface area (Å²) in [6.07, 6.45) is 3.11. The van der Waals surface area contributed by atoms with Crippen molar-refractivity contribution in [2.75, 3.05) is 0 Å². The van der Waals surface area contributed by atoms with E-state index in [0.29, 0.717) is 42.6 Å². The molecule has 0 fully saturated rings. The number of phenols is 1. The molecule has 5 nitrogen and oxygen atoms in total. The first-order chi connectivity index (χ1) is 20.1. The van der Waals surface area contributed by atoms with Crippen LogP contribution in [0.25, 0.3) is 6.08 Å². The van der Waals surface area contributed by atoms with Gasteiger partial charge in [-0.2, -0.15) is 0 Å². The normalized spacial score (nSPS) is 10.8. The lowest BCUT2D eigenvalue weighted by molar-refractivity contribution is 0.104. The Kier molecular flexibility index (Phi) is 9.10. The Morgan fingerprint density at radius 2 is 1.07 bits per heavy atom. The van der Waals surface area contributed by atoms with Gasteiger partial charge in [0, 0.05) is 17.7 Å². The van der Waals surface area contributed by atoms with Crippen LogP contribution in [0.3, 0.4) is 0 Å². The standard InChI is InChI=1S/C36H30O5/c37-34(33-20-19-31(22-35(33)38)39-24-27-10-4-1-5-11-27)21-17-30-16-18-32(40-25-28-12-6-2-7-13-28)23-36(30)41-26-29-14-8-3-9-15-29/h1-23,38H,24-26H2. The molecule has 5 heteroatoms. The molecule has 5 rings (SSSR count). The highest BCUT2D eigenvalue weighted by Crippen LogP contribution is 2.29. The van der Waals surface area contributed by atoms with Crippen LogP contribution in [0.5, 0.6) is 23.0 Å². The maximum atomic E-state index is 13.0. The molecule has 0 atom stereocenters. The van der Waals surface area contributed by atoms with Crippen molar-refractivity contribution in [2.45, 2.75) is 19.8 Å². The van der Waals surface area contributed by atoms with E-state index in [1.165, 1.54) is 12.1 Å². The summed E-state index contributed by atoms with van der Waals surface area (Å²) in [5.74, 6) is 1.24. The molecular formula is C36H30O5. The van der Waals surface area contributed by atoms with Crippen molar-refractivity contribution in [1.82, 2.24) is 0 Å². The Hall–Kier alpha value is -5.29. The average Bonchev–Trinajstić information content (AvgIpc) is 3.02. The van der Waals surface area contributed by atoms with E-state index in [1.54, 1.807) is 18.2 Å². The van der Waals surface area contributed by atoms with Crippen LogP contribution in [0.15, 0.2) is 133 Å². The zero-order valence-corrected chi connectivity index (χ0v) is 22.5. The molecule has 0 aliphatic rings. The minimum atomic E-state index is -0.337. The Morgan fingerprint density at radius 1 is 0.585 bits per heavy atom. The first-order valence-corrected chi connectivity index (χ1v) is 13.3. The minimum absolute atomic E-state index is 0.143. The van der Waals surface area contributed by atoms with Gasteiger partial charge in [0.2, 0.25) is 0 Å². The molecule has 0 bridgehead atoms. The van der Waals surface area contributed by atoms with Crippen molar-refractivity contribution >= 4 is 11.9 Å². The van der Waals surface area contributed by atoms with E-state index >= 15 is 0 Å². The maximum absolute atomic E-state index is 13.0. The molecule has 0 saturated heterocycles. The lowest BCUT2D eigenvalue weighted by Gasteiger charge is -2.13. The molecule has 0 heterocycles. The summed E-state index contributed by atoms with van der Waals surface area (Å²) < 4.78 is 17.9.